The van der Waals surface area contributed by atoms with Crippen molar-refractivity contribution in [1.29, 1.82) is 0 Å². The number of aryl methyl sites for hydroxylation is 1. The van der Waals surface area contributed by atoms with Crippen LogP contribution in [0.2, 0.25) is 10.0 Å². The Bertz CT molecular complexity index is 988. The molecule has 1 aromatic heterocycles. The second-order valence-electron chi connectivity index (χ2n) is 6.62. The van der Waals surface area contributed by atoms with Gasteiger partial charge in [0, 0.05) is 28.0 Å². The molecule has 1 N–H and O–H groups in total. The largest absolute Gasteiger partial charge is 0.325 e. The number of anilines is 1. The highest BCUT2D eigenvalue weighted by molar-refractivity contribution is 7.99. The van der Waals surface area contributed by atoms with Crippen LogP contribution in [0.25, 0.3) is 0 Å². The van der Waals surface area contributed by atoms with E-state index in [-0.39, 0.29) is 11.7 Å². The van der Waals surface area contributed by atoms with E-state index in [2.05, 4.69) is 58.2 Å². The summed E-state index contributed by atoms with van der Waals surface area (Å²) in [4.78, 5) is 12.3. The Labute approximate surface area is 194 Å². The zero-order chi connectivity index (χ0) is 21.5. The maximum Gasteiger partial charge on any atom is 0.234 e. The van der Waals surface area contributed by atoms with Crippen molar-refractivity contribution in [3.63, 3.8) is 0 Å². The van der Waals surface area contributed by atoms with Crippen LogP contribution in [0.3, 0.4) is 0 Å². The average Bonchev–Trinajstić information content (AvgIpc) is 3.09. The van der Waals surface area contributed by atoms with Gasteiger partial charge in [-0.15, -0.1) is 22.0 Å². The number of carbonyl (C=O) groups excluding carboxylic acids is 1. The Kier molecular flexibility index (Phi) is 8.50. The molecule has 0 radical (unpaired) electrons. The number of nitrogens with one attached hydrogen (secondary N) is 1. The molecule has 0 unspecified atom stereocenters. The smallest absolute Gasteiger partial charge is 0.234 e. The van der Waals surface area contributed by atoms with Gasteiger partial charge in [-0.05, 0) is 37.6 Å². The van der Waals surface area contributed by atoms with Crippen molar-refractivity contribution in [2.24, 2.45) is 0 Å². The summed E-state index contributed by atoms with van der Waals surface area (Å²) < 4.78 is 2.05. The van der Waals surface area contributed by atoms with Crippen molar-refractivity contribution in [3.8, 4) is 0 Å². The van der Waals surface area contributed by atoms with Crippen LogP contribution in [-0.2, 0) is 22.8 Å². The monoisotopic (exact) mass is 480 g/mol. The predicted molar refractivity (Wildman–Crippen MR) is 128 cm³/mol. The van der Waals surface area contributed by atoms with E-state index >= 15 is 0 Å². The number of aromatic nitrogens is 3. The van der Waals surface area contributed by atoms with Crippen molar-refractivity contribution in [1.82, 2.24) is 14.8 Å². The zero-order valence-corrected chi connectivity index (χ0v) is 19.8. The maximum atomic E-state index is 12.3. The minimum absolute atomic E-state index is 0.153. The van der Waals surface area contributed by atoms with Gasteiger partial charge in [0.1, 0.15) is 5.82 Å². The number of hydrogen-bond acceptors (Lipinski definition) is 5. The zero-order valence-electron chi connectivity index (χ0n) is 16.7. The van der Waals surface area contributed by atoms with Gasteiger partial charge in [0.05, 0.1) is 11.5 Å². The molecule has 3 aromatic rings. The number of rotatable bonds is 9. The first-order valence-electron chi connectivity index (χ1n) is 9.38. The molecule has 0 fully saturated rings. The first-order valence-corrected chi connectivity index (χ1v) is 12.3. The van der Waals surface area contributed by atoms with Crippen LogP contribution in [0.1, 0.15) is 23.9 Å². The fraction of sp³-hybridized carbons (Fsp3) is 0.286. The van der Waals surface area contributed by atoms with Crippen LogP contribution in [0.15, 0.2) is 47.6 Å². The molecule has 0 aliphatic heterocycles. The Morgan fingerprint density at radius 3 is 2.43 bits per heavy atom. The first kappa shape index (κ1) is 23.0. The maximum absolute atomic E-state index is 12.3. The fourth-order valence-corrected chi connectivity index (χ4v) is 5.02. The summed E-state index contributed by atoms with van der Waals surface area (Å²) in [6, 6.07) is 13.5. The molecule has 0 saturated heterocycles. The molecular weight excluding hydrogens is 459 g/mol. The van der Waals surface area contributed by atoms with Crippen molar-refractivity contribution in [2.75, 3.05) is 11.1 Å². The van der Waals surface area contributed by atoms with Gasteiger partial charge in [-0.25, -0.2) is 0 Å². The minimum Gasteiger partial charge on any atom is -0.325 e. The van der Waals surface area contributed by atoms with Crippen molar-refractivity contribution >= 4 is 58.3 Å². The van der Waals surface area contributed by atoms with Crippen molar-refractivity contribution in [2.45, 2.75) is 37.1 Å². The lowest BCUT2D eigenvalue weighted by Gasteiger charge is -2.08. The van der Waals surface area contributed by atoms with E-state index in [9.17, 15) is 4.79 Å². The third-order valence-electron chi connectivity index (χ3n) is 4.21. The quantitative estimate of drug-likeness (QED) is 0.376. The molecule has 5 nitrogen and oxygen atoms in total. The highest BCUT2D eigenvalue weighted by Gasteiger charge is 2.13. The Hall–Kier alpha value is -1.67. The lowest BCUT2D eigenvalue weighted by atomic mass is 10.2. The standard InChI is InChI=1S/C21H22Cl2N4OS2/c1-3-27-19(12-29-11-15-6-4-14(2)5-7-15)25-26-21(27)30-13-20(28)24-18-9-16(22)8-17(23)10-18/h4-10H,3,11-13H2,1-2H3,(H,24,28). The van der Waals surface area contributed by atoms with E-state index in [0.717, 1.165) is 29.0 Å². The molecule has 0 saturated carbocycles. The Balaban J connectivity index is 1.53. The number of halogens is 2. The highest BCUT2D eigenvalue weighted by atomic mass is 35.5. The Morgan fingerprint density at radius 1 is 1.07 bits per heavy atom. The first-order chi connectivity index (χ1) is 14.4. The number of hydrogen-bond donors (Lipinski definition) is 1. The average molecular weight is 481 g/mol. The summed E-state index contributed by atoms with van der Waals surface area (Å²) in [6.45, 7) is 4.89. The summed E-state index contributed by atoms with van der Waals surface area (Å²) in [5, 5.41) is 13.1. The molecule has 0 atom stereocenters. The number of benzene rings is 2. The van der Waals surface area contributed by atoms with Gasteiger partial charge < -0.3 is 9.88 Å². The van der Waals surface area contributed by atoms with Gasteiger partial charge in [0.2, 0.25) is 5.91 Å². The molecule has 158 valence electrons. The summed E-state index contributed by atoms with van der Waals surface area (Å²) in [5.74, 6) is 2.67. The number of thioether (sulfide) groups is 2. The molecule has 0 aliphatic rings. The molecule has 0 bridgehead atoms. The molecule has 3 rings (SSSR count). The van der Waals surface area contributed by atoms with Crippen LogP contribution >= 0.6 is 46.7 Å². The van der Waals surface area contributed by atoms with Gasteiger partial charge in [0.25, 0.3) is 0 Å². The van der Waals surface area contributed by atoms with Gasteiger partial charge >= 0.3 is 0 Å². The van der Waals surface area contributed by atoms with Crippen LogP contribution in [-0.4, -0.2) is 26.4 Å². The summed E-state index contributed by atoms with van der Waals surface area (Å²) in [6.07, 6.45) is 0. The molecule has 2 aromatic carbocycles. The Morgan fingerprint density at radius 2 is 1.77 bits per heavy atom. The molecule has 9 heteroatoms. The number of nitrogens with zero attached hydrogens (tertiary/aromatic N) is 3. The SMILES string of the molecule is CCn1c(CSCc2ccc(C)cc2)nnc1SCC(=O)Nc1cc(Cl)cc(Cl)c1. The molecule has 1 amide bonds. The van der Waals surface area contributed by atoms with Gasteiger partial charge in [-0.1, -0.05) is 64.8 Å². The third-order valence-corrected chi connectivity index (χ3v) is 6.61. The van der Waals surface area contributed by atoms with Gasteiger partial charge in [-0.2, -0.15) is 0 Å². The van der Waals surface area contributed by atoms with E-state index in [0.29, 0.717) is 15.7 Å². The second-order valence-corrected chi connectivity index (χ2v) is 9.42. The molecule has 0 aliphatic carbocycles. The van der Waals surface area contributed by atoms with E-state index < -0.39 is 0 Å². The molecular formula is C21H22Cl2N4OS2. The molecule has 1 heterocycles. The van der Waals surface area contributed by atoms with Crippen LogP contribution in [0.4, 0.5) is 5.69 Å². The summed E-state index contributed by atoms with van der Waals surface area (Å²) in [7, 11) is 0. The van der Waals surface area contributed by atoms with Gasteiger partial charge in [0.15, 0.2) is 5.16 Å². The predicted octanol–water partition coefficient (Wildman–Crippen LogP) is 6.08. The van der Waals surface area contributed by atoms with E-state index in [1.165, 1.54) is 22.9 Å². The minimum atomic E-state index is -0.153. The normalized spacial score (nSPS) is 10.9. The number of amides is 1. The molecule has 0 spiro atoms. The molecule has 30 heavy (non-hydrogen) atoms. The third kappa shape index (κ3) is 6.67. The van der Waals surface area contributed by atoms with Gasteiger partial charge in [-0.3, -0.25) is 4.79 Å². The summed E-state index contributed by atoms with van der Waals surface area (Å²) >= 11 is 15.1. The van der Waals surface area contributed by atoms with Crippen LogP contribution in [0.5, 0.6) is 0 Å². The van der Waals surface area contributed by atoms with E-state index in [1.54, 1.807) is 30.0 Å². The van der Waals surface area contributed by atoms with Crippen LogP contribution in [0, 0.1) is 6.92 Å². The highest BCUT2D eigenvalue weighted by Crippen LogP contribution is 2.24. The lowest BCUT2D eigenvalue weighted by molar-refractivity contribution is -0.113. The lowest BCUT2D eigenvalue weighted by Crippen LogP contribution is -2.14. The van der Waals surface area contributed by atoms with E-state index in [4.69, 9.17) is 23.2 Å². The second kappa shape index (κ2) is 11.1. The summed E-state index contributed by atoms with van der Waals surface area (Å²) in [5.41, 5.74) is 3.13. The van der Waals surface area contributed by atoms with Crippen molar-refractivity contribution in [3.05, 3.63) is 69.5 Å². The van der Waals surface area contributed by atoms with Crippen molar-refractivity contribution < 1.29 is 4.79 Å². The topological polar surface area (TPSA) is 59.8 Å². The van der Waals surface area contributed by atoms with E-state index in [1.807, 2.05) is 0 Å². The fourth-order valence-electron chi connectivity index (χ4n) is 2.75. The number of carbonyl (C=O) groups is 1. The van der Waals surface area contributed by atoms with Crippen LogP contribution < -0.4 is 5.32 Å².